The van der Waals surface area contributed by atoms with E-state index in [1.807, 2.05) is 0 Å². The fourth-order valence-electron chi connectivity index (χ4n) is 1.33. The number of hydrogen-bond donors (Lipinski definition) is 2. The Bertz CT molecular complexity index is 522. The Labute approximate surface area is 82.5 Å². The molecule has 0 bridgehead atoms. The number of carboxylic acids is 1. The van der Waals surface area contributed by atoms with Crippen LogP contribution in [0, 0.1) is 0 Å². The highest BCUT2D eigenvalue weighted by Gasteiger charge is 2.15. The molecule has 0 aliphatic rings. The molecule has 1 aromatic carbocycles. The van der Waals surface area contributed by atoms with Crippen LogP contribution in [-0.4, -0.2) is 21.3 Å². The van der Waals surface area contributed by atoms with E-state index in [0.29, 0.717) is 0 Å². The zero-order valence-electron chi connectivity index (χ0n) is 7.37. The van der Waals surface area contributed by atoms with Crippen LogP contribution in [0.5, 0.6) is 0 Å². The molecule has 0 atom stereocenters. The molecule has 0 spiro atoms. The van der Waals surface area contributed by atoms with Gasteiger partial charge in [-0.1, -0.05) is 0 Å². The lowest BCUT2D eigenvalue weighted by Crippen LogP contribution is -1.95. The van der Waals surface area contributed by atoms with Crippen LogP contribution in [0.15, 0.2) is 18.2 Å². The number of rotatable bonds is 2. The first-order valence-electron chi connectivity index (χ1n) is 4.09. The van der Waals surface area contributed by atoms with Crippen LogP contribution in [0.3, 0.4) is 0 Å². The number of nitrogens with one attached hydrogen (secondary N) is 1. The van der Waals surface area contributed by atoms with Crippen molar-refractivity contribution in [3.8, 4) is 0 Å². The van der Waals surface area contributed by atoms with Crippen molar-refractivity contribution in [2.45, 2.75) is 6.43 Å². The molecule has 0 unspecified atom stereocenters. The van der Waals surface area contributed by atoms with Crippen LogP contribution in [0.4, 0.5) is 8.78 Å². The van der Waals surface area contributed by atoms with Gasteiger partial charge in [-0.15, -0.1) is 0 Å². The molecule has 2 rings (SSSR count). The topological polar surface area (TPSA) is 66.0 Å². The number of aromatic nitrogens is 2. The average Bonchev–Trinajstić information content (AvgIpc) is 2.59. The second kappa shape index (κ2) is 3.30. The first-order chi connectivity index (χ1) is 7.09. The third-order valence-corrected chi connectivity index (χ3v) is 2.05. The predicted octanol–water partition coefficient (Wildman–Crippen LogP) is 2.20. The maximum absolute atomic E-state index is 12.4. The highest BCUT2D eigenvalue weighted by atomic mass is 19.3. The number of fused-ring (bicyclic) bond motifs is 1. The third-order valence-electron chi connectivity index (χ3n) is 2.05. The maximum atomic E-state index is 12.4. The normalized spacial score (nSPS) is 11.1. The number of carbonyl (C=O) groups is 1. The molecule has 0 saturated carbocycles. The summed E-state index contributed by atoms with van der Waals surface area (Å²) in [5.41, 5.74) is -0.0399. The van der Waals surface area contributed by atoms with Crippen molar-refractivity contribution in [1.82, 2.24) is 10.2 Å². The number of aromatic carboxylic acids is 1. The molecule has 78 valence electrons. The molecule has 2 N–H and O–H groups in total. The van der Waals surface area contributed by atoms with E-state index in [-0.39, 0.29) is 22.2 Å². The molecular formula is C9H6F2N2O2. The molecule has 6 heteroatoms. The Morgan fingerprint density at radius 1 is 1.47 bits per heavy atom. The van der Waals surface area contributed by atoms with Gasteiger partial charge in [0.2, 0.25) is 0 Å². The van der Waals surface area contributed by atoms with E-state index in [2.05, 4.69) is 10.2 Å². The fourth-order valence-corrected chi connectivity index (χ4v) is 1.33. The second-order valence-corrected chi connectivity index (χ2v) is 2.98. The van der Waals surface area contributed by atoms with Gasteiger partial charge in [-0.3, -0.25) is 5.10 Å². The Balaban J connectivity index is 2.61. The fraction of sp³-hybridized carbons (Fsp3) is 0.111. The lowest BCUT2D eigenvalue weighted by atomic mass is 10.1. The molecule has 0 radical (unpaired) electrons. The number of halogens is 2. The summed E-state index contributed by atoms with van der Waals surface area (Å²) in [5, 5.41) is 14.7. The smallest absolute Gasteiger partial charge is 0.335 e. The lowest BCUT2D eigenvalue weighted by Gasteiger charge is -1.96. The van der Waals surface area contributed by atoms with Crippen molar-refractivity contribution >= 4 is 16.9 Å². The van der Waals surface area contributed by atoms with Gasteiger partial charge >= 0.3 is 5.97 Å². The highest BCUT2D eigenvalue weighted by molar-refractivity contribution is 5.93. The molecule has 1 aromatic heterocycles. The van der Waals surface area contributed by atoms with Gasteiger partial charge in [-0.25, -0.2) is 13.6 Å². The zero-order valence-corrected chi connectivity index (χ0v) is 7.37. The molecule has 0 aliphatic carbocycles. The Kier molecular flexibility index (Phi) is 2.11. The summed E-state index contributed by atoms with van der Waals surface area (Å²) in [6.45, 7) is 0. The summed E-state index contributed by atoms with van der Waals surface area (Å²) in [5.74, 6) is -1.11. The van der Waals surface area contributed by atoms with Crippen LogP contribution >= 0.6 is 0 Å². The zero-order chi connectivity index (χ0) is 11.0. The summed E-state index contributed by atoms with van der Waals surface area (Å²) < 4.78 is 24.8. The van der Waals surface area contributed by atoms with Gasteiger partial charge in [0.05, 0.1) is 11.1 Å². The Morgan fingerprint density at radius 2 is 2.20 bits per heavy atom. The van der Waals surface area contributed by atoms with Gasteiger partial charge in [-0.05, 0) is 18.2 Å². The quantitative estimate of drug-likeness (QED) is 0.801. The molecule has 0 fully saturated rings. The minimum Gasteiger partial charge on any atom is -0.478 e. The third kappa shape index (κ3) is 1.54. The molecule has 0 aliphatic heterocycles. The van der Waals surface area contributed by atoms with Crippen molar-refractivity contribution < 1.29 is 18.7 Å². The Hall–Kier alpha value is -1.98. The number of nitrogens with zero attached hydrogens (tertiary/aromatic N) is 1. The van der Waals surface area contributed by atoms with E-state index in [9.17, 15) is 13.6 Å². The maximum Gasteiger partial charge on any atom is 0.335 e. The van der Waals surface area contributed by atoms with Crippen molar-refractivity contribution in [3.63, 3.8) is 0 Å². The van der Waals surface area contributed by atoms with Gasteiger partial charge in [0.15, 0.2) is 0 Å². The van der Waals surface area contributed by atoms with E-state index in [4.69, 9.17) is 5.11 Å². The molecule has 0 saturated heterocycles. The van der Waals surface area contributed by atoms with E-state index >= 15 is 0 Å². The first-order valence-corrected chi connectivity index (χ1v) is 4.09. The standard InChI is InChI=1S/C9H6F2N2O2/c10-8(11)7-5-2-1-4(9(14)15)3-6(5)12-13-7/h1-3,8H,(H,12,13)(H,14,15). The summed E-state index contributed by atoms with van der Waals surface area (Å²) >= 11 is 0. The van der Waals surface area contributed by atoms with Gasteiger partial charge in [0, 0.05) is 5.39 Å². The van der Waals surface area contributed by atoms with Crippen LogP contribution in [0.2, 0.25) is 0 Å². The molecule has 4 nitrogen and oxygen atoms in total. The number of H-pyrrole nitrogens is 1. The van der Waals surface area contributed by atoms with Gasteiger partial charge in [0.1, 0.15) is 5.69 Å². The second-order valence-electron chi connectivity index (χ2n) is 2.98. The molecule has 15 heavy (non-hydrogen) atoms. The average molecular weight is 212 g/mol. The first kappa shape index (κ1) is 9.57. The van der Waals surface area contributed by atoms with Crippen LogP contribution in [0.25, 0.3) is 10.9 Å². The number of aromatic amines is 1. The van der Waals surface area contributed by atoms with Crippen molar-refractivity contribution in [3.05, 3.63) is 29.5 Å². The van der Waals surface area contributed by atoms with Crippen LogP contribution in [0.1, 0.15) is 22.5 Å². The lowest BCUT2D eigenvalue weighted by molar-refractivity contribution is 0.0697. The number of alkyl halides is 2. The minimum absolute atomic E-state index is 0.0230. The number of carboxylic acid groups (broad SMARTS) is 1. The van der Waals surface area contributed by atoms with Gasteiger partial charge < -0.3 is 5.11 Å². The summed E-state index contributed by atoms with van der Waals surface area (Å²) in [4.78, 5) is 10.6. The van der Waals surface area contributed by atoms with Crippen molar-refractivity contribution in [2.75, 3.05) is 0 Å². The van der Waals surface area contributed by atoms with Crippen LogP contribution < -0.4 is 0 Å². The Morgan fingerprint density at radius 3 is 2.80 bits per heavy atom. The number of benzene rings is 1. The summed E-state index contributed by atoms with van der Waals surface area (Å²) in [7, 11) is 0. The SMILES string of the molecule is O=C(O)c1ccc2c(C(F)F)[nH]nc2c1. The van der Waals surface area contributed by atoms with Crippen LogP contribution in [-0.2, 0) is 0 Å². The van der Waals surface area contributed by atoms with Gasteiger partial charge in [-0.2, -0.15) is 5.10 Å². The molecule has 2 aromatic rings. The van der Waals surface area contributed by atoms with E-state index in [1.54, 1.807) is 0 Å². The molecule has 1 heterocycles. The monoisotopic (exact) mass is 212 g/mol. The van der Waals surface area contributed by atoms with E-state index in [0.717, 1.165) is 0 Å². The van der Waals surface area contributed by atoms with Crippen molar-refractivity contribution in [1.29, 1.82) is 0 Å². The molecule has 0 amide bonds. The predicted molar refractivity (Wildman–Crippen MR) is 48.0 cm³/mol. The van der Waals surface area contributed by atoms with Gasteiger partial charge in [0.25, 0.3) is 6.43 Å². The highest BCUT2D eigenvalue weighted by Crippen LogP contribution is 2.25. The van der Waals surface area contributed by atoms with Crippen molar-refractivity contribution in [2.24, 2.45) is 0 Å². The summed E-state index contributed by atoms with van der Waals surface area (Å²) in [6, 6.07) is 3.84. The van der Waals surface area contributed by atoms with E-state index in [1.165, 1.54) is 18.2 Å². The minimum atomic E-state index is -2.65. The largest absolute Gasteiger partial charge is 0.478 e. The summed E-state index contributed by atoms with van der Waals surface area (Å²) in [6.07, 6.45) is -2.65. The number of hydrogen-bond acceptors (Lipinski definition) is 2. The van der Waals surface area contributed by atoms with E-state index < -0.39 is 12.4 Å². The molecular weight excluding hydrogens is 206 g/mol.